The maximum atomic E-state index is 13.0. The van der Waals surface area contributed by atoms with E-state index in [1.54, 1.807) is 11.3 Å². The molecule has 1 aromatic heterocycles. The number of nitrogens with zero attached hydrogens (tertiary/aromatic N) is 1. The number of hydrogen-bond donors (Lipinski definition) is 1. The molecule has 0 aliphatic carbocycles. The highest BCUT2D eigenvalue weighted by atomic mass is 35.5. The number of nitrogens with one attached hydrogen (secondary N) is 1. The second-order valence-electron chi connectivity index (χ2n) is 8.60. The zero-order valence-electron chi connectivity index (χ0n) is 16.3. The number of carbonyl (C=O) groups is 1. The van der Waals surface area contributed by atoms with E-state index in [0.717, 1.165) is 43.0 Å². The zero-order chi connectivity index (χ0) is 18.7. The Morgan fingerprint density at radius 3 is 2.44 bits per heavy atom. The first-order valence-corrected chi connectivity index (χ1v) is 10.6. The Bertz CT molecular complexity index is 566. The van der Waals surface area contributed by atoms with E-state index in [2.05, 4.69) is 44.8 Å². The number of carbonyl (C=O) groups excluding carboxylic acids is 1. The molecule has 0 unspecified atom stereocenters. The van der Waals surface area contributed by atoms with Crippen molar-refractivity contribution in [2.45, 2.75) is 90.3 Å². The van der Waals surface area contributed by atoms with Gasteiger partial charge in [0.2, 0.25) is 5.91 Å². The van der Waals surface area contributed by atoms with Gasteiger partial charge >= 0.3 is 0 Å². The van der Waals surface area contributed by atoms with Gasteiger partial charge in [0, 0.05) is 35.0 Å². The van der Waals surface area contributed by atoms with Crippen LogP contribution in [0.3, 0.4) is 0 Å². The SMILES string of the molecule is CCCCN(C(=O)CCc1ccc(Cl)s1)C1CC(C)(C)NC(C)(C)C1. The summed E-state index contributed by atoms with van der Waals surface area (Å²) in [6.45, 7) is 12.0. The molecular weight excluding hydrogens is 352 g/mol. The van der Waals surface area contributed by atoms with Crippen LogP contribution in [0, 0.1) is 0 Å². The van der Waals surface area contributed by atoms with Gasteiger partial charge in [-0.1, -0.05) is 24.9 Å². The largest absolute Gasteiger partial charge is 0.340 e. The number of aryl methyl sites for hydroxylation is 1. The molecule has 0 saturated carbocycles. The lowest BCUT2D eigenvalue weighted by Crippen LogP contribution is -2.62. The number of rotatable bonds is 7. The Morgan fingerprint density at radius 1 is 1.28 bits per heavy atom. The topological polar surface area (TPSA) is 32.3 Å². The lowest BCUT2D eigenvalue weighted by atomic mass is 9.79. The van der Waals surface area contributed by atoms with Crippen molar-refractivity contribution in [2.75, 3.05) is 6.54 Å². The summed E-state index contributed by atoms with van der Waals surface area (Å²) in [5, 5.41) is 3.72. The van der Waals surface area contributed by atoms with Gasteiger partial charge in [0.25, 0.3) is 0 Å². The van der Waals surface area contributed by atoms with Crippen LogP contribution in [0.25, 0.3) is 0 Å². The molecule has 0 aromatic carbocycles. The highest BCUT2D eigenvalue weighted by Gasteiger charge is 2.40. The van der Waals surface area contributed by atoms with Crippen LogP contribution in [-0.2, 0) is 11.2 Å². The summed E-state index contributed by atoms with van der Waals surface area (Å²) >= 11 is 7.59. The quantitative estimate of drug-likeness (QED) is 0.694. The molecule has 2 heterocycles. The summed E-state index contributed by atoms with van der Waals surface area (Å²) in [7, 11) is 0. The summed E-state index contributed by atoms with van der Waals surface area (Å²) in [5.41, 5.74) is 0.108. The number of piperidine rings is 1. The Morgan fingerprint density at radius 2 is 1.92 bits per heavy atom. The minimum atomic E-state index is 0.0540. The molecule has 0 bridgehead atoms. The predicted octanol–water partition coefficient (Wildman–Crippen LogP) is 5.27. The molecule has 5 heteroatoms. The first-order chi connectivity index (χ1) is 11.6. The number of amides is 1. The maximum absolute atomic E-state index is 13.0. The van der Waals surface area contributed by atoms with E-state index in [9.17, 15) is 4.79 Å². The Kier molecular flexibility index (Phi) is 6.97. The molecule has 0 radical (unpaired) electrons. The standard InChI is InChI=1S/C20H33ClN2OS/c1-6-7-12-23(15-13-19(2,3)22-20(4,5)14-15)18(24)11-9-16-8-10-17(21)25-16/h8,10,15,22H,6-7,9,11-14H2,1-5H3. The Hall–Kier alpha value is -0.580. The second kappa shape index (κ2) is 8.41. The van der Waals surface area contributed by atoms with E-state index < -0.39 is 0 Å². The highest BCUT2D eigenvalue weighted by Crippen LogP contribution is 2.32. The average Bonchev–Trinajstić information content (AvgIpc) is 2.88. The normalized spacial score (nSPS) is 19.8. The minimum absolute atomic E-state index is 0.0540. The fraction of sp³-hybridized carbons (Fsp3) is 0.750. The summed E-state index contributed by atoms with van der Waals surface area (Å²) in [4.78, 5) is 16.4. The molecule has 25 heavy (non-hydrogen) atoms. The zero-order valence-corrected chi connectivity index (χ0v) is 17.9. The number of thiophene rings is 1. The summed E-state index contributed by atoms with van der Waals surface area (Å²) in [5.74, 6) is 0.288. The van der Waals surface area contributed by atoms with Crippen LogP contribution < -0.4 is 5.32 Å². The van der Waals surface area contributed by atoms with Crippen molar-refractivity contribution in [3.05, 3.63) is 21.3 Å². The van der Waals surface area contributed by atoms with Gasteiger partial charge in [-0.15, -0.1) is 11.3 Å². The van der Waals surface area contributed by atoms with Gasteiger partial charge in [-0.25, -0.2) is 0 Å². The van der Waals surface area contributed by atoms with Gasteiger partial charge in [0.1, 0.15) is 0 Å². The van der Waals surface area contributed by atoms with E-state index in [1.165, 1.54) is 4.88 Å². The molecular formula is C20H33ClN2OS. The van der Waals surface area contributed by atoms with Crippen molar-refractivity contribution < 1.29 is 4.79 Å². The van der Waals surface area contributed by atoms with Crippen LogP contribution >= 0.6 is 22.9 Å². The van der Waals surface area contributed by atoms with Crippen LogP contribution in [0.15, 0.2) is 12.1 Å². The lowest BCUT2D eigenvalue weighted by Gasteiger charge is -2.49. The van der Waals surface area contributed by atoms with Crippen molar-refractivity contribution >= 4 is 28.8 Å². The molecule has 0 spiro atoms. The molecule has 1 aliphatic heterocycles. The van der Waals surface area contributed by atoms with Crippen molar-refractivity contribution in [3.8, 4) is 0 Å². The minimum Gasteiger partial charge on any atom is -0.340 e. The van der Waals surface area contributed by atoms with Crippen LogP contribution in [0.5, 0.6) is 0 Å². The van der Waals surface area contributed by atoms with Gasteiger partial charge < -0.3 is 10.2 Å². The van der Waals surface area contributed by atoms with Gasteiger partial charge in [0.05, 0.1) is 4.34 Å². The fourth-order valence-electron chi connectivity index (χ4n) is 4.19. The van der Waals surface area contributed by atoms with Gasteiger partial charge in [0.15, 0.2) is 0 Å². The van der Waals surface area contributed by atoms with Crippen LogP contribution in [-0.4, -0.2) is 34.5 Å². The van der Waals surface area contributed by atoms with Crippen LogP contribution in [0.1, 0.15) is 71.6 Å². The van der Waals surface area contributed by atoms with E-state index >= 15 is 0 Å². The van der Waals surface area contributed by atoms with E-state index in [-0.39, 0.29) is 17.0 Å². The third-order valence-electron chi connectivity index (χ3n) is 4.90. The average molecular weight is 385 g/mol. The molecule has 1 aromatic rings. The molecule has 1 N–H and O–H groups in total. The number of unbranched alkanes of at least 4 members (excludes halogenated alkanes) is 1. The molecule has 1 amide bonds. The molecule has 142 valence electrons. The van der Waals surface area contributed by atoms with Crippen LogP contribution in [0.2, 0.25) is 4.34 Å². The highest BCUT2D eigenvalue weighted by molar-refractivity contribution is 7.16. The maximum Gasteiger partial charge on any atom is 0.223 e. The summed E-state index contributed by atoms with van der Waals surface area (Å²) in [6, 6.07) is 4.27. The summed E-state index contributed by atoms with van der Waals surface area (Å²) < 4.78 is 0.798. The first-order valence-electron chi connectivity index (χ1n) is 9.45. The Balaban J connectivity index is 2.07. The van der Waals surface area contributed by atoms with Gasteiger partial charge in [-0.3, -0.25) is 4.79 Å². The Labute approximate surface area is 162 Å². The van der Waals surface area contributed by atoms with Crippen molar-refractivity contribution in [3.63, 3.8) is 0 Å². The lowest BCUT2D eigenvalue weighted by molar-refractivity contribution is -0.135. The fourth-order valence-corrected chi connectivity index (χ4v) is 5.28. The predicted molar refractivity (Wildman–Crippen MR) is 109 cm³/mol. The van der Waals surface area contributed by atoms with Gasteiger partial charge in [-0.2, -0.15) is 0 Å². The molecule has 3 nitrogen and oxygen atoms in total. The van der Waals surface area contributed by atoms with E-state index in [1.807, 2.05) is 12.1 Å². The van der Waals surface area contributed by atoms with Crippen molar-refractivity contribution in [1.82, 2.24) is 10.2 Å². The molecule has 2 rings (SSSR count). The first kappa shape index (κ1) is 20.7. The monoisotopic (exact) mass is 384 g/mol. The van der Waals surface area contributed by atoms with Crippen molar-refractivity contribution in [2.24, 2.45) is 0 Å². The number of halogens is 1. The molecule has 0 atom stereocenters. The van der Waals surface area contributed by atoms with Gasteiger partial charge in [-0.05, 0) is 65.5 Å². The second-order valence-corrected chi connectivity index (χ2v) is 10.4. The van der Waals surface area contributed by atoms with E-state index in [4.69, 9.17) is 11.6 Å². The third kappa shape index (κ3) is 6.26. The number of hydrogen-bond acceptors (Lipinski definition) is 3. The smallest absolute Gasteiger partial charge is 0.223 e. The van der Waals surface area contributed by atoms with Crippen LogP contribution in [0.4, 0.5) is 0 Å². The molecule has 1 aliphatic rings. The molecule has 1 fully saturated rings. The van der Waals surface area contributed by atoms with Crippen molar-refractivity contribution in [1.29, 1.82) is 0 Å². The summed E-state index contributed by atoms with van der Waals surface area (Å²) in [6.07, 6.45) is 5.57. The molecule has 1 saturated heterocycles. The third-order valence-corrected chi connectivity index (χ3v) is 6.19. The van der Waals surface area contributed by atoms with E-state index in [0.29, 0.717) is 12.5 Å².